The third-order valence-electron chi connectivity index (χ3n) is 4.18. The summed E-state index contributed by atoms with van der Waals surface area (Å²) in [4.78, 5) is 0. The van der Waals surface area contributed by atoms with Gasteiger partial charge in [-0.15, -0.1) is 0 Å². The van der Waals surface area contributed by atoms with Crippen LogP contribution in [0.15, 0.2) is 109 Å². The third kappa shape index (κ3) is 7.32. The second-order valence-electron chi connectivity index (χ2n) is 6.26. The Morgan fingerprint density at radius 3 is 1.23 bits per heavy atom. The van der Waals surface area contributed by atoms with Crippen LogP contribution in [0.4, 0.5) is 22.7 Å². The van der Waals surface area contributed by atoms with Crippen LogP contribution in [0.5, 0.6) is 11.5 Å². The summed E-state index contributed by atoms with van der Waals surface area (Å²) >= 11 is -1.60. The van der Waals surface area contributed by atoms with E-state index < -0.39 is 24.1 Å². The molecule has 4 aromatic rings. The first-order valence-electron chi connectivity index (χ1n) is 9.29. The normalized spacial score (nSPS) is 9.29. The van der Waals surface area contributed by atoms with Crippen LogP contribution in [0.3, 0.4) is 0 Å². The predicted molar refractivity (Wildman–Crippen MR) is 114 cm³/mol. The molecule has 4 nitrogen and oxygen atoms in total. The van der Waals surface area contributed by atoms with Gasteiger partial charge in [0.25, 0.3) is 0 Å². The van der Waals surface area contributed by atoms with Crippen LogP contribution in [0.25, 0.3) is 0 Å². The second kappa shape index (κ2) is 13.1. The van der Waals surface area contributed by atoms with Gasteiger partial charge in [-0.3, -0.25) is 0 Å². The molecule has 4 rings (SSSR count). The van der Waals surface area contributed by atoms with E-state index in [9.17, 15) is 0 Å². The van der Waals surface area contributed by atoms with Crippen molar-refractivity contribution in [3.8, 4) is 11.5 Å². The number of anilines is 4. The van der Waals surface area contributed by atoms with E-state index >= 15 is 0 Å². The van der Waals surface area contributed by atoms with Crippen molar-refractivity contribution in [2.45, 2.75) is 0 Å². The number of nitrogens with one attached hydrogen (secondary N) is 2. The van der Waals surface area contributed by atoms with Gasteiger partial charge in [0.05, 0.1) is 0 Å². The van der Waals surface area contributed by atoms with Crippen LogP contribution in [0, 0.1) is 0 Å². The number of benzene rings is 4. The Morgan fingerprint density at radius 1 is 0.452 bits per heavy atom. The van der Waals surface area contributed by atoms with Gasteiger partial charge in [0.1, 0.15) is 0 Å². The Labute approximate surface area is 207 Å². The van der Waals surface area contributed by atoms with Crippen LogP contribution in [-0.4, -0.2) is 0 Å². The summed E-state index contributed by atoms with van der Waals surface area (Å²) in [6, 6.07) is 36.0. The van der Waals surface area contributed by atoms with Gasteiger partial charge in [-0.25, -0.2) is 0 Å². The van der Waals surface area contributed by atoms with Crippen molar-refractivity contribution in [1.29, 1.82) is 0 Å². The first-order chi connectivity index (χ1) is 14.4. The van der Waals surface area contributed by atoms with Crippen molar-refractivity contribution in [2.24, 2.45) is 0 Å². The molecule has 4 aromatic carbocycles. The predicted octanol–water partition coefficient (Wildman–Crippen LogP) is 0.552. The Morgan fingerprint density at radius 2 is 0.806 bits per heavy atom. The number of rotatable bonds is 8. The molecule has 0 saturated carbocycles. The van der Waals surface area contributed by atoms with Crippen molar-refractivity contribution < 1.29 is 54.6 Å². The zero-order valence-corrected chi connectivity index (χ0v) is 20.4. The zero-order valence-electron chi connectivity index (χ0n) is 16.5. The maximum atomic E-state index is 6.08. The fourth-order valence-corrected chi connectivity index (χ4v) is 4.20. The van der Waals surface area contributed by atoms with Gasteiger partial charge < -0.3 is 24.8 Å². The van der Waals surface area contributed by atoms with E-state index in [1.54, 1.807) is 0 Å². The van der Waals surface area contributed by atoms with E-state index in [4.69, 9.17) is 5.63 Å². The van der Waals surface area contributed by atoms with Gasteiger partial charge in [0, 0.05) is 0 Å². The molecule has 0 aliphatic carbocycles. The average molecular weight is 531 g/mol. The summed E-state index contributed by atoms with van der Waals surface area (Å²) in [5.74, 6) is 1.60. The summed E-state index contributed by atoms with van der Waals surface area (Å²) in [6.07, 6.45) is 0. The number of hydrogen-bond acceptors (Lipinski definition) is 4. The van der Waals surface area contributed by atoms with Gasteiger partial charge in [-0.2, -0.15) is 0 Å². The minimum atomic E-state index is -1.60. The summed E-state index contributed by atoms with van der Waals surface area (Å²) in [7, 11) is 0. The van der Waals surface area contributed by atoms with Gasteiger partial charge >= 0.3 is 184 Å². The Bertz CT molecular complexity index is 968. The monoisotopic (exact) mass is 528 g/mol. The average Bonchev–Trinajstić information content (AvgIpc) is 2.78. The van der Waals surface area contributed by atoms with Crippen molar-refractivity contribution >= 4 is 22.7 Å². The first kappa shape index (κ1) is 24.8. The number of hydrogen-bond donors (Lipinski definition) is 2. The molecule has 156 valence electrons. The molecule has 0 radical (unpaired) electrons. The van der Waals surface area contributed by atoms with Crippen molar-refractivity contribution in [1.82, 2.24) is 0 Å². The van der Waals surface area contributed by atoms with Crippen LogP contribution >= 0.6 is 0 Å². The summed E-state index contributed by atoms with van der Waals surface area (Å²) in [6.45, 7) is 0. The SMILES string of the molecule is [Cl-].[Cl-].c1ccc(Nc2ccccc2[O][Zr+2][O]c2ccccc2Nc2ccccc2)cc1. The summed E-state index contributed by atoms with van der Waals surface area (Å²) < 4.78 is 12.2. The second-order valence-corrected chi connectivity index (χ2v) is 7.67. The van der Waals surface area contributed by atoms with E-state index in [1.807, 2.05) is 109 Å². The molecule has 0 bridgehead atoms. The van der Waals surface area contributed by atoms with Crippen LogP contribution in [-0.2, 0) is 24.1 Å². The summed E-state index contributed by atoms with van der Waals surface area (Å²) in [5, 5.41) is 6.80. The fourth-order valence-electron chi connectivity index (χ4n) is 2.78. The Kier molecular flexibility index (Phi) is 10.5. The third-order valence-corrected chi connectivity index (χ3v) is 5.67. The molecule has 0 aliphatic rings. The molecular weight excluding hydrogens is 510 g/mol. The van der Waals surface area contributed by atoms with Crippen LogP contribution in [0.1, 0.15) is 0 Å². The molecule has 31 heavy (non-hydrogen) atoms. The number of halogens is 2. The molecule has 0 atom stereocenters. The molecule has 2 N–H and O–H groups in total. The molecule has 7 heteroatoms. The van der Waals surface area contributed by atoms with Gasteiger partial charge in [0.2, 0.25) is 0 Å². The quantitative estimate of drug-likeness (QED) is 0.350. The molecule has 0 saturated heterocycles. The molecule has 0 aromatic heterocycles. The number of para-hydroxylation sites is 6. The standard InChI is InChI=1S/2C12H11NO.2ClH.Zr/c2*14-12-9-5-4-8-11(12)13-10-6-2-1-3-7-10;;;/h2*1-9,13-14H;2*1H;/q;;;;+4/p-4. The maximum absolute atomic E-state index is 6.08. The van der Waals surface area contributed by atoms with Gasteiger partial charge in [0.15, 0.2) is 0 Å². The van der Waals surface area contributed by atoms with E-state index in [0.717, 1.165) is 34.2 Å². The molecule has 0 spiro atoms. The zero-order chi connectivity index (χ0) is 19.7. The summed E-state index contributed by atoms with van der Waals surface area (Å²) in [5.41, 5.74) is 3.90. The molecule has 0 heterocycles. The van der Waals surface area contributed by atoms with Crippen molar-refractivity contribution in [3.63, 3.8) is 0 Å². The molecule has 0 fully saturated rings. The molecule has 0 amide bonds. The molecular formula is C24H20Cl2N2O2Zr. The van der Waals surface area contributed by atoms with Crippen LogP contribution < -0.4 is 41.1 Å². The minimum absolute atomic E-state index is 0. The van der Waals surface area contributed by atoms with E-state index in [-0.39, 0.29) is 24.8 Å². The topological polar surface area (TPSA) is 42.5 Å². The van der Waals surface area contributed by atoms with Crippen LogP contribution in [0.2, 0.25) is 0 Å². The fraction of sp³-hybridized carbons (Fsp3) is 0. The Hall–Kier alpha value is -2.46. The van der Waals surface area contributed by atoms with E-state index in [0.29, 0.717) is 0 Å². The van der Waals surface area contributed by atoms with Crippen molar-refractivity contribution in [3.05, 3.63) is 109 Å². The van der Waals surface area contributed by atoms with Gasteiger partial charge in [-0.1, -0.05) is 0 Å². The first-order valence-corrected chi connectivity index (χ1v) is 11.3. The van der Waals surface area contributed by atoms with Crippen molar-refractivity contribution in [2.75, 3.05) is 10.6 Å². The van der Waals surface area contributed by atoms with E-state index in [2.05, 4.69) is 10.6 Å². The Balaban J connectivity index is 0.00000171. The molecule has 0 unspecified atom stereocenters. The van der Waals surface area contributed by atoms with E-state index in [1.165, 1.54) is 0 Å². The molecule has 0 aliphatic heterocycles. The van der Waals surface area contributed by atoms with Gasteiger partial charge in [-0.05, 0) is 0 Å².